The predicted octanol–water partition coefficient (Wildman–Crippen LogP) is 1.59. The van der Waals surface area contributed by atoms with Crippen LogP contribution in [0.2, 0.25) is 0 Å². The minimum atomic E-state index is 0.173. The van der Waals surface area contributed by atoms with Crippen LogP contribution < -0.4 is 5.32 Å². The molecule has 2 saturated heterocycles. The molecule has 2 fully saturated rings. The van der Waals surface area contributed by atoms with Crippen LogP contribution in [-0.2, 0) is 4.74 Å². The number of nitrogens with zero attached hydrogens (tertiary/aromatic N) is 1. The molecule has 2 aliphatic rings. The van der Waals surface area contributed by atoms with Crippen molar-refractivity contribution in [2.24, 2.45) is 0 Å². The first-order chi connectivity index (χ1) is 7.16. The van der Waals surface area contributed by atoms with E-state index in [1.807, 2.05) is 0 Å². The topological polar surface area (TPSA) is 24.5 Å². The van der Waals surface area contributed by atoms with Crippen LogP contribution >= 0.6 is 0 Å². The van der Waals surface area contributed by atoms with Gasteiger partial charge in [0.05, 0.1) is 6.61 Å². The van der Waals surface area contributed by atoms with Crippen LogP contribution in [-0.4, -0.2) is 42.9 Å². The van der Waals surface area contributed by atoms with Crippen LogP contribution in [0.3, 0.4) is 0 Å². The zero-order chi connectivity index (χ0) is 10.7. The van der Waals surface area contributed by atoms with E-state index >= 15 is 0 Å². The van der Waals surface area contributed by atoms with Gasteiger partial charge in [0.2, 0.25) is 0 Å². The van der Waals surface area contributed by atoms with Gasteiger partial charge in [-0.15, -0.1) is 0 Å². The molecule has 0 bridgehead atoms. The highest BCUT2D eigenvalue weighted by atomic mass is 16.5. The maximum atomic E-state index is 5.72. The van der Waals surface area contributed by atoms with Crippen molar-refractivity contribution in [2.75, 3.05) is 26.2 Å². The standard InChI is InChI=1S/C12H24N2O/c1-12(2)10-15-11(13-12)6-9-14-7-4-3-5-8-14/h11,13H,3-10H2,1-2H3. The molecule has 0 aromatic rings. The van der Waals surface area contributed by atoms with E-state index in [0.29, 0.717) is 0 Å². The third kappa shape index (κ3) is 3.44. The smallest absolute Gasteiger partial charge is 0.109 e. The van der Waals surface area contributed by atoms with E-state index in [1.165, 1.54) is 38.9 Å². The fraction of sp³-hybridized carbons (Fsp3) is 1.00. The van der Waals surface area contributed by atoms with Crippen molar-refractivity contribution in [1.29, 1.82) is 0 Å². The molecule has 1 unspecified atom stereocenters. The highest BCUT2D eigenvalue weighted by molar-refractivity contribution is 4.85. The minimum absolute atomic E-state index is 0.173. The first kappa shape index (κ1) is 11.4. The van der Waals surface area contributed by atoms with Crippen molar-refractivity contribution in [1.82, 2.24) is 10.2 Å². The van der Waals surface area contributed by atoms with Crippen LogP contribution in [0, 0.1) is 0 Å². The Balaban J connectivity index is 1.65. The number of piperidine rings is 1. The number of rotatable bonds is 3. The summed E-state index contributed by atoms with van der Waals surface area (Å²) in [5.41, 5.74) is 0.173. The Hall–Kier alpha value is -0.120. The Morgan fingerprint density at radius 2 is 2.00 bits per heavy atom. The highest BCUT2D eigenvalue weighted by Crippen LogP contribution is 2.17. The normalized spacial score (nSPS) is 32.0. The molecule has 88 valence electrons. The Bertz CT molecular complexity index is 200. The molecule has 0 aromatic heterocycles. The van der Waals surface area contributed by atoms with Gasteiger partial charge in [-0.2, -0.15) is 0 Å². The summed E-state index contributed by atoms with van der Waals surface area (Å²) in [6, 6.07) is 0. The molecular formula is C12H24N2O. The lowest BCUT2D eigenvalue weighted by Gasteiger charge is -2.27. The molecule has 0 saturated carbocycles. The number of ether oxygens (including phenoxy) is 1. The molecule has 0 spiro atoms. The average Bonchev–Trinajstić information content (AvgIpc) is 2.57. The lowest BCUT2D eigenvalue weighted by Crippen LogP contribution is -2.41. The summed E-state index contributed by atoms with van der Waals surface area (Å²) >= 11 is 0. The summed E-state index contributed by atoms with van der Waals surface area (Å²) in [5.74, 6) is 0. The van der Waals surface area contributed by atoms with Gasteiger partial charge in [0, 0.05) is 12.1 Å². The second kappa shape index (κ2) is 4.81. The molecule has 2 aliphatic heterocycles. The molecule has 3 heteroatoms. The third-order valence-corrected chi connectivity index (χ3v) is 3.35. The summed E-state index contributed by atoms with van der Waals surface area (Å²) in [6.45, 7) is 9.01. The number of nitrogens with one attached hydrogen (secondary N) is 1. The molecule has 0 aliphatic carbocycles. The van der Waals surface area contributed by atoms with Gasteiger partial charge in [0.1, 0.15) is 6.23 Å². The molecule has 1 N–H and O–H groups in total. The fourth-order valence-corrected chi connectivity index (χ4v) is 2.47. The summed E-state index contributed by atoms with van der Waals surface area (Å²) in [5, 5.41) is 3.52. The van der Waals surface area contributed by atoms with Crippen molar-refractivity contribution in [2.45, 2.75) is 51.3 Å². The van der Waals surface area contributed by atoms with Gasteiger partial charge < -0.3 is 9.64 Å². The van der Waals surface area contributed by atoms with Gasteiger partial charge in [-0.1, -0.05) is 6.42 Å². The first-order valence-corrected chi connectivity index (χ1v) is 6.27. The number of hydrogen-bond donors (Lipinski definition) is 1. The molecule has 1 atom stereocenters. The Morgan fingerprint density at radius 1 is 1.27 bits per heavy atom. The summed E-state index contributed by atoms with van der Waals surface area (Å²) in [7, 11) is 0. The molecule has 2 rings (SSSR count). The third-order valence-electron chi connectivity index (χ3n) is 3.35. The number of likely N-dealkylation sites (tertiary alicyclic amines) is 1. The SMILES string of the molecule is CC1(C)COC(CCN2CCCCC2)N1. The van der Waals surface area contributed by atoms with Crippen LogP contribution in [0.15, 0.2) is 0 Å². The van der Waals surface area contributed by atoms with Gasteiger partial charge in [-0.05, 0) is 46.2 Å². The van der Waals surface area contributed by atoms with Gasteiger partial charge in [-0.3, -0.25) is 5.32 Å². The fourth-order valence-electron chi connectivity index (χ4n) is 2.47. The van der Waals surface area contributed by atoms with E-state index in [4.69, 9.17) is 4.74 Å². The van der Waals surface area contributed by atoms with Gasteiger partial charge >= 0.3 is 0 Å². The van der Waals surface area contributed by atoms with Gasteiger partial charge in [-0.25, -0.2) is 0 Å². The maximum absolute atomic E-state index is 5.72. The van der Waals surface area contributed by atoms with Crippen LogP contribution in [0.1, 0.15) is 39.5 Å². The lowest BCUT2D eigenvalue weighted by atomic mass is 10.1. The predicted molar refractivity (Wildman–Crippen MR) is 61.9 cm³/mol. The van der Waals surface area contributed by atoms with Crippen molar-refractivity contribution >= 4 is 0 Å². The van der Waals surface area contributed by atoms with E-state index in [2.05, 4.69) is 24.1 Å². The first-order valence-electron chi connectivity index (χ1n) is 6.27. The van der Waals surface area contributed by atoms with Crippen molar-refractivity contribution in [3.05, 3.63) is 0 Å². The van der Waals surface area contributed by atoms with E-state index in [1.54, 1.807) is 0 Å². The second-order valence-electron chi connectivity index (χ2n) is 5.52. The molecule has 15 heavy (non-hydrogen) atoms. The quantitative estimate of drug-likeness (QED) is 0.769. The zero-order valence-corrected chi connectivity index (χ0v) is 10.1. The molecule has 2 heterocycles. The van der Waals surface area contributed by atoms with Gasteiger partial charge in [0.25, 0.3) is 0 Å². The van der Waals surface area contributed by atoms with Crippen molar-refractivity contribution < 1.29 is 4.74 Å². The lowest BCUT2D eigenvalue weighted by molar-refractivity contribution is 0.0780. The molecule has 0 amide bonds. The minimum Gasteiger partial charge on any atom is -0.361 e. The van der Waals surface area contributed by atoms with Crippen LogP contribution in [0.5, 0.6) is 0 Å². The van der Waals surface area contributed by atoms with E-state index in [-0.39, 0.29) is 11.8 Å². The van der Waals surface area contributed by atoms with Crippen molar-refractivity contribution in [3.63, 3.8) is 0 Å². The Kier molecular flexibility index (Phi) is 3.65. The Labute approximate surface area is 93.2 Å². The van der Waals surface area contributed by atoms with Gasteiger partial charge in [0.15, 0.2) is 0 Å². The summed E-state index contributed by atoms with van der Waals surface area (Å²) in [6.07, 6.45) is 5.59. The summed E-state index contributed by atoms with van der Waals surface area (Å²) in [4.78, 5) is 2.57. The Morgan fingerprint density at radius 3 is 2.60 bits per heavy atom. The highest BCUT2D eigenvalue weighted by Gasteiger charge is 2.30. The number of hydrogen-bond acceptors (Lipinski definition) is 3. The molecule has 3 nitrogen and oxygen atoms in total. The molecule has 0 radical (unpaired) electrons. The summed E-state index contributed by atoms with van der Waals surface area (Å²) < 4.78 is 5.72. The van der Waals surface area contributed by atoms with E-state index < -0.39 is 0 Å². The monoisotopic (exact) mass is 212 g/mol. The van der Waals surface area contributed by atoms with E-state index in [9.17, 15) is 0 Å². The maximum Gasteiger partial charge on any atom is 0.109 e. The van der Waals surface area contributed by atoms with Crippen molar-refractivity contribution in [3.8, 4) is 0 Å². The van der Waals surface area contributed by atoms with E-state index in [0.717, 1.165) is 13.0 Å². The molecule has 0 aromatic carbocycles. The molecular weight excluding hydrogens is 188 g/mol. The van der Waals surface area contributed by atoms with Crippen LogP contribution in [0.4, 0.5) is 0 Å². The zero-order valence-electron chi connectivity index (χ0n) is 10.1. The second-order valence-corrected chi connectivity index (χ2v) is 5.52. The average molecular weight is 212 g/mol. The largest absolute Gasteiger partial charge is 0.361 e. The van der Waals surface area contributed by atoms with Crippen LogP contribution in [0.25, 0.3) is 0 Å².